The number of aryl methyl sites for hydroxylation is 1. The van der Waals surface area contributed by atoms with Crippen molar-refractivity contribution >= 4 is 11.9 Å². The number of hydrogen-bond donors (Lipinski definition) is 0. The van der Waals surface area contributed by atoms with Crippen LogP contribution in [0.2, 0.25) is 0 Å². The molecule has 23 heavy (non-hydrogen) atoms. The molecule has 2 fully saturated rings. The average Bonchev–Trinajstić information content (AvgIpc) is 2.62. The van der Waals surface area contributed by atoms with Gasteiger partial charge in [0.05, 0.1) is 7.11 Å². The van der Waals surface area contributed by atoms with Crippen LogP contribution in [0, 0.1) is 5.41 Å². The van der Waals surface area contributed by atoms with Crippen molar-refractivity contribution in [2.75, 3.05) is 13.7 Å². The molecular weight excluding hydrogens is 290 g/mol. The molecule has 0 N–H and O–H groups in total. The summed E-state index contributed by atoms with van der Waals surface area (Å²) in [5.41, 5.74) is 0.196. The van der Waals surface area contributed by atoms with Crippen molar-refractivity contribution in [2.24, 2.45) is 5.41 Å². The molecule has 3 rings (SSSR count). The minimum atomic E-state index is -0.956. The highest BCUT2D eigenvalue weighted by atomic mass is 16.5. The van der Waals surface area contributed by atoms with Gasteiger partial charge in [-0.2, -0.15) is 0 Å². The highest BCUT2D eigenvalue weighted by Gasteiger charge is 2.59. The number of carbonyl (C=O) groups is 2. The third-order valence-electron chi connectivity index (χ3n) is 5.39. The third-order valence-corrected chi connectivity index (χ3v) is 5.39. The molecule has 1 saturated heterocycles. The predicted molar refractivity (Wildman–Crippen MR) is 87.8 cm³/mol. The average molecular weight is 315 g/mol. The third kappa shape index (κ3) is 2.99. The molecule has 1 aromatic rings. The smallest absolute Gasteiger partial charge is 0.323 e. The molecule has 0 bridgehead atoms. The second-order valence-corrected chi connectivity index (χ2v) is 6.78. The predicted octanol–water partition coefficient (Wildman–Crippen LogP) is 2.95. The zero-order chi connectivity index (χ0) is 16.3. The maximum atomic E-state index is 12.8. The Morgan fingerprint density at radius 3 is 2.52 bits per heavy atom. The van der Waals surface area contributed by atoms with Crippen molar-refractivity contribution in [1.82, 2.24) is 4.90 Å². The van der Waals surface area contributed by atoms with Gasteiger partial charge in [-0.15, -0.1) is 0 Å². The minimum absolute atomic E-state index is 0.0211. The quantitative estimate of drug-likeness (QED) is 0.477. The van der Waals surface area contributed by atoms with E-state index >= 15 is 0 Å². The lowest BCUT2D eigenvalue weighted by atomic mass is 9.72. The Labute approximate surface area is 137 Å². The van der Waals surface area contributed by atoms with E-state index in [0.29, 0.717) is 19.0 Å². The normalized spacial score (nSPS) is 25.1. The number of β-lactam (4-membered cyclic amide) rings is 1. The molecule has 1 aromatic carbocycles. The summed E-state index contributed by atoms with van der Waals surface area (Å²) < 4.78 is 4.97. The van der Waals surface area contributed by atoms with E-state index in [1.54, 1.807) is 0 Å². The van der Waals surface area contributed by atoms with Gasteiger partial charge in [0.2, 0.25) is 5.91 Å². The van der Waals surface area contributed by atoms with E-state index in [9.17, 15) is 9.59 Å². The highest BCUT2D eigenvalue weighted by molar-refractivity contribution is 6.07. The van der Waals surface area contributed by atoms with E-state index in [0.717, 1.165) is 24.8 Å². The van der Waals surface area contributed by atoms with Gasteiger partial charge >= 0.3 is 5.97 Å². The van der Waals surface area contributed by atoms with Crippen molar-refractivity contribution in [3.8, 4) is 0 Å². The van der Waals surface area contributed by atoms with Gasteiger partial charge in [0.1, 0.15) is 0 Å². The summed E-state index contributed by atoms with van der Waals surface area (Å²) in [6, 6.07) is 10.3. The van der Waals surface area contributed by atoms with Crippen molar-refractivity contribution < 1.29 is 14.3 Å². The van der Waals surface area contributed by atoms with Gasteiger partial charge in [0.15, 0.2) is 5.41 Å². The first kappa shape index (κ1) is 16.0. The van der Waals surface area contributed by atoms with E-state index in [4.69, 9.17) is 4.74 Å². The zero-order valence-corrected chi connectivity index (χ0v) is 13.8. The molecule has 124 valence electrons. The molecule has 1 saturated carbocycles. The Kier molecular flexibility index (Phi) is 4.69. The number of amides is 1. The topological polar surface area (TPSA) is 46.6 Å². The number of nitrogens with zero attached hydrogens (tertiary/aromatic N) is 1. The molecule has 1 amide bonds. The molecule has 0 radical (unpaired) electrons. The molecule has 0 spiro atoms. The lowest BCUT2D eigenvalue weighted by molar-refractivity contribution is -0.183. The lowest BCUT2D eigenvalue weighted by Crippen LogP contribution is -2.68. The maximum Gasteiger partial charge on any atom is 0.323 e. The fraction of sp³-hybridized carbons (Fsp3) is 0.579. The van der Waals surface area contributed by atoms with Crippen LogP contribution < -0.4 is 0 Å². The Hall–Kier alpha value is -1.84. The summed E-state index contributed by atoms with van der Waals surface area (Å²) in [5, 5.41) is 0. The van der Waals surface area contributed by atoms with Crippen LogP contribution in [0.5, 0.6) is 0 Å². The van der Waals surface area contributed by atoms with Crippen LogP contribution in [0.15, 0.2) is 30.3 Å². The van der Waals surface area contributed by atoms with Crippen LogP contribution in [0.3, 0.4) is 0 Å². The summed E-state index contributed by atoms with van der Waals surface area (Å²) in [6.07, 6.45) is 7.03. The largest absolute Gasteiger partial charge is 0.468 e. The molecule has 1 heterocycles. The summed E-state index contributed by atoms with van der Waals surface area (Å²) in [7, 11) is 1.38. The second kappa shape index (κ2) is 6.73. The Morgan fingerprint density at radius 1 is 1.22 bits per heavy atom. The van der Waals surface area contributed by atoms with E-state index in [2.05, 4.69) is 0 Å². The van der Waals surface area contributed by atoms with Crippen molar-refractivity contribution in [1.29, 1.82) is 0 Å². The minimum Gasteiger partial charge on any atom is -0.468 e. The number of hydrogen-bond acceptors (Lipinski definition) is 3. The molecule has 1 aliphatic heterocycles. The maximum absolute atomic E-state index is 12.8. The summed E-state index contributed by atoms with van der Waals surface area (Å²) in [4.78, 5) is 27.1. The number of carbonyl (C=O) groups excluding carboxylic acids is 2. The van der Waals surface area contributed by atoms with Crippen LogP contribution in [-0.2, 0) is 20.7 Å². The first-order valence-electron chi connectivity index (χ1n) is 8.61. The standard InChI is InChI=1S/C19H25NO3/c1-23-18(22)19(13-12-15-8-4-2-5-9-15)14-20(17(19)21)16-10-6-3-7-11-16/h2,4-5,8-9,16H,3,6-7,10-14H2,1H3. The Bertz CT molecular complexity index is 565. The molecule has 2 aliphatic rings. The number of benzene rings is 1. The monoisotopic (exact) mass is 315 g/mol. The number of ether oxygens (including phenoxy) is 1. The van der Waals surface area contributed by atoms with Crippen molar-refractivity contribution in [2.45, 2.75) is 51.0 Å². The molecular formula is C19H25NO3. The Morgan fingerprint density at radius 2 is 1.91 bits per heavy atom. The van der Waals surface area contributed by atoms with E-state index < -0.39 is 5.41 Å². The van der Waals surface area contributed by atoms with E-state index in [1.165, 1.54) is 26.4 Å². The molecule has 1 aliphatic carbocycles. The van der Waals surface area contributed by atoms with Gasteiger partial charge in [-0.3, -0.25) is 9.59 Å². The summed E-state index contributed by atoms with van der Waals surface area (Å²) in [6.45, 7) is 0.524. The van der Waals surface area contributed by atoms with Crippen LogP contribution in [0.4, 0.5) is 0 Å². The number of likely N-dealkylation sites (tertiary alicyclic amines) is 1. The van der Waals surface area contributed by atoms with E-state index in [-0.39, 0.29) is 11.9 Å². The Balaban J connectivity index is 1.69. The van der Waals surface area contributed by atoms with E-state index in [1.807, 2.05) is 35.2 Å². The molecule has 1 unspecified atom stereocenters. The van der Waals surface area contributed by atoms with Gasteiger partial charge in [0, 0.05) is 12.6 Å². The first-order valence-corrected chi connectivity index (χ1v) is 8.61. The van der Waals surface area contributed by atoms with Gasteiger partial charge in [-0.1, -0.05) is 49.6 Å². The number of esters is 1. The van der Waals surface area contributed by atoms with Gasteiger partial charge in [-0.25, -0.2) is 0 Å². The zero-order valence-electron chi connectivity index (χ0n) is 13.8. The highest BCUT2D eigenvalue weighted by Crippen LogP contribution is 2.41. The van der Waals surface area contributed by atoms with Crippen LogP contribution >= 0.6 is 0 Å². The van der Waals surface area contributed by atoms with Crippen molar-refractivity contribution in [3.63, 3.8) is 0 Å². The van der Waals surface area contributed by atoms with Crippen LogP contribution in [0.1, 0.15) is 44.1 Å². The number of methoxy groups -OCH3 is 1. The fourth-order valence-electron chi connectivity index (χ4n) is 3.94. The molecule has 1 atom stereocenters. The van der Waals surface area contributed by atoms with Gasteiger partial charge in [0.25, 0.3) is 0 Å². The summed E-state index contributed by atoms with van der Waals surface area (Å²) in [5.74, 6) is -0.391. The second-order valence-electron chi connectivity index (χ2n) is 6.78. The van der Waals surface area contributed by atoms with Crippen LogP contribution in [-0.4, -0.2) is 36.5 Å². The van der Waals surface area contributed by atoms with Gasteiger partial charge < -0.3 is 9.64 Å². The van der Waals surface area contributed by atoms with Crippen molar-refractivity contribution in [3.05, 3.63) is 35.9 Å². The lowest BCUT2D eigenvalue weighted by Gasteiger charge is -2.51. The van der Waals surface area contributed by atoms with Crippen LogP contribution in [0.25, 0.3) is 0 Å². The number of rotatable bonds is 5. The fourth-order valence-corrected chi connectivity index (χ4v) is 3.94. The SMILES string of the molecule is COC(=O)C1(CCc2ccccc2)CN(C2CCCCC2)C1=O. The van der Waals surface area contributed by atoms with Gasteiger partial charge in [-0.05, 0) is 31.2 Å². The molecule has 4 heteroatoms. The molecule has 0 aromatic heterocycles. The first-order chi connectivity index (χ1) is 11.2. The summed E-state index contributed by atoms with van der Waals surface area (Å²) >= 11 is 0. The molecule has 4 nitrogen and oxygen atoms in total.